The molecule has 1 aliphatic carbocycles. The van der Waals surface area contributed by atoms with Gasteiger partial charge in [0.05, 0.1) is 18.3 Å². The molecule has 1 saturated carbocycles. The molecule has 1 saturated heterocycles. The van der Waals surface area contributed by atoms with Gasteiger partial charge < -0.3 is 20.1 Å². The van der Waals surface area contributed by atoms with Gasteiger partial charge in [-0.25, -0.2) is 4.79 Å². The summed E-state index contributed by atoms with van der Waals surface area (Å²) >= 11 is 0. The lowest BCUT2D eigenvalue weighted by atomic mass is 9.56. The molecule has 2 fully saturated rings. The first-order valence-corrected chi connectivity index (χ1v) is 10.1. The van der Waals surface area contributed by atoms with Crippen molar-refractivity contribution in [3.63, 3.8) is 0 Å². The van der Waals surface area contributed by atoms with Gasteiger partial charge in [-0.3, -0.25) is 0 Å². The van der Waals surface area contributed by atoms with Crippen LogP contribution in [0.3, 0.4) is 0 Å². The van der Waals surface area contributed by atoms with Gasteiger partial charge in [-0.2, -0.15) is 0 Å². The highest BCUT2D eigenvalue weighted by molar-refractivity contribution is 5.94. The predicted molar refractivity (Wildman–Crippen MR) is 105 cm³/mol. The number of esters is 1. The quantitative estimate of drug-likeness (QED) is 0.501. The van der Waals surface area contributed by atoms with Crippen LogP contribution in [-0.4, -0.2) is 49.8 Å². The normalized spacial score (nSPS) is 33.1. The SMILES string of the molecule is CCN1C[C@]23CC=CCO[C@H]2[C@@](COC(=O)c2ccccc2N)(CCC3)C1. The number of hydrogen-bond donors (Lipinski definition) is 1. The topological polar surface area (TPSA) is 64.8 Å². The number of nitrogens with two attached hydrogens (primary N) is 1. The highest BCUT2D eigenvalue weighted by atomic mass is 16.5. The average Bonchev–Trinajstić information content (AvgIpc) is 2.89. The van der Waals surface area contributed by atoms with Gasteiger partial charge in [0.25, 0.3) is 0 Å². The Balaban J connectivity index is 1.59. The number of carbonyl (C=O) groups is 1. The lowest BCUT2D eigenvalue weighted by molar-refractivity contribution is -0.197. The van der Waals surface area contributed by atoms with Gasteiger partial charge >= 0.3 is 5.97 Å². The lowest BCUT2D eigenvalue weighted by Gasteiger charge is -2.60. The number of nitrogens with zero attached hydrogens (tertiary/aromatic N) is 1. The number of rotatable bonds is 4. The van der Waals surface area contributed by atoms with Crippen LogP contribution in [0.4, 0.5) is 5.69 Å². The molecule has 4 rings (SSSR count). The number of likely N-dealkylation sites (tertiary alicyclic amines) is 1. The summed E-state index contributed by atoms with van der Waals surface area (Å²) in [5.74, 6) is -0.334. The Morgan fingerprint density at radius 2 is 2.15 bits per heavy atom. The molecule has 5 heteroatoms. The first-order valence-electron chi connectivity index (χ1n) is 10.1. The Morgan fingerprint density at radius 3 is 2.96 bits per heavy atom. The molecule has 0 spiro atoms. The highest BCUT2D eigenvalue weighted by Gasteiger charge is 2.59. The first kappa shape index (κ1) is 18.5. The smallest absolute Gasteiger partial charge is 0.340 e. The largest absolute Gasteiger partial charge is 0.461 e. The van der Waals surface area contributed by atoms with E-state index >= 15 is 0 Å². The number of allylic oxidation sites excluding steroid dienone is 1. The zero-order valence-corrected chi connectivity index (χ0v) is 16.2. The summed E-state index contributed by atoms with van der Waals surface area (Å²) in [7, 11) is 0. The molecule has 1 aromatic carbocycles. The van der Waals surface area contributed by atoms with Crippen molar-refractivity contribution in [1.29, 1.82) is 0 Å². The minimum Gasteiger partial charge on any atom is -0.461 e. The van der Waals surface area contributed by atoms with Crippen molar-refractivity contribution >= 4 is 11.7 Å². The van der Waals surface area contributed by atoms with Crippen LogP contribution in [0.2, 0.25) is 0 Å². The highest BCUT2D eigenvalue weighted by Crippen LogP contribution is 2.55. The van der Waals surface area contributed by atoms with E-state index in [2.05, 4.69) is 24.0 Å². The van der Waals surface area contributed by atoms with E-state index in [1.807, 2.05) is 12.1 Å². The third-order valence-electron chi connectivity index (χ3n) is 6.71. The monoisotopic (exact) mass is 370 g/mol. The standard InChI is InChI=1S/C22H30N2O3/c1-2-24-14-21-10-5-6-13-26-20(21)22(15-24,12-7-11-21)16-27-19(25)17-8-3-4-9-18(17)23/h3-6,8-9,20H,2,7,10-16,23H2,1H3/t20-,21-,22+/m1/s1. The molecule has 27 heavy (non-hydrogen) atoms. The Hall–Kier alpha value is -1.85. The second kappa shape index (κ2) is 7.28. The molecule has 2 heterocycles. The Kier molecular flexibility index (Phi) is 4.99. The summed E-state index contributed by atoms with van der Waals surface area (Å²) in [4.78, 5) is 15.2. The fourth-order valence-corrected chi connectivity index (χ4v) is 5.53. The third kappa shape index (κ3) is 3.27. The van der Waals surface area contributed by atoms with Crippen molar-refractivity contribution < 1.29 is 14.3 Å². The van der Waals surface area contributed by atoms with E-state index in [-0.39, 0.29) is 22.9 Å². The molecule has 5 nitrogen and oxygen atoms in total. The van der Waals surface area contributed by atoms with Crippen molar-refractivity contribution in [1.82, 2.24) is 4.90 Å². The molecule has 1 aromatic rings. The summed E-state index contributed by atoms with van der Waals surface area (Å²) in [5, 5.41) is 0. The average molecular weight is 370 g/mol. The van der Waals surface area contributed by atoms with Crippen LogP contribution in [0.25, 0.3) is 0 Å². The number of anilines is 1. The van der Waals surface area contributed by atoms with Crippen LogP contribution in [0.5, 0.6) is 0 Å². The number of para-hydroxylation sites is 1. The summed E-state index contributed by atoms with van der Waals surface area (Å²) in [6.07, 6.45) is 8.99. The van der Waals surface area contributed by atoms with Gasteiger partial charge in [0, 0.05) is 29.6 Å². The van der Waals surface area contributed by atoms with Crippen molar-refractivity contribution in [3.8, 4) is 0 Å². The van der Waals surface area contributed by atoms with E-state index in [0.717, 1.165) is 38.9 Å². The van der Waals surface area contributed by atoms with Crippen LogP contribution >= 0.6 is 0 Å². The molecule has 2 aliphatic heterocycles. The van der Waals surface area contributed by atoms with E-state index in [1.165, 1.54) is 6.42 Å². The zero-order chi connectivity index (χ0) is 18.9. The van der Waals surface area contributed by atoms with E-state index < -0.39 is 0 Å². The number of nitrogen functional groups attached to an aromatic ring is 1. The number of hydrogen-bond acceptors (Lipinski definition) is 5. The summed E-state index contributed by atoms with van der Waals surface area (Å²) < 4.78 is 12.3. The third-order valence-corrected chi connectivity index (χ3v) is 6.71. The molecule has 3 atom stereocenters. The van der Waals surface area contributed by atoms with E-state index in [9.17, 15) is 4.79 Å². The van der Waals surface area contributed by atoms with Gasteiger partial charge in [0.2, 0.25) is 0 Å². The Bertz CT molecular complexity index is 734. The lowest BCUT2D eigenvalue weighted by Crippen LogP contribution is -2.66. The van der Waals surface area contributed by atoms with Crippen molar-refractivity contribution in [2.45, 2.75) is 38.7 Å². The first-order chi connectivity index (χ1) is 13.1. The minimum absolute atomic E-state index is 0.137. The van der Waals surface area contributed by atoms with Gasteiger partial charge in [0.15, 0.2) is 0 Å². The van der Waals surface area contributed by atoms with E-state index in [0.29, 0.717) is 24.5 Å². The number of benzene rings is 1. The number of piperidine rings is 1. The van der Waals surface area contributed by atoms with E-state index in [4.69, 9.17) is 15.2 Å². The van der Waals surface area contributed by atoms with Crippen LogP contribution < -0.4 is 5.73 Å². The molecule has 0 radical (unpaired) electrons. The fourth-order valence-electron chi connectivity index (χ4n) is 5.53. The molecule has 0 unspecified atom stereocenters. The second-order valence-corrected chi connectivity index (χ2v) is 8.43. The van der Waals surface area contributed by atoms with Gasteiger partial charge in [-0.1, -0.05) is 37.6 Å². The number of carbonyl (C=O) groups excluding carboxylic acids is 1. The summed E-state index contributed by atoms with van der Waals surface area (Å²) in [6.45, 7) is 6.26. The molecule has 3 aliphatic rings. The van der Waals surface area contributed by atoms with Crippen LogP contribution in [0.1, 0.15) is 43.0 Å². The second-order valence-electron chi connectivity index (χ2n) is 8.43. The molecular formula is C22H30N2O3. The molecular weight excluding hydrogens is 340 g/mol. The van der Waals surface area contributed by atoms with E-state index in [1.54, 1.807) is 12.1 Å². The fraction of sp³-hybridized carbons (Fsp3) is 0.591. The number of ether oxygens (including phenoxy) is 2. The van der Waals surface area contributed by atoms with Gasteiger partial charge in [0.1, 0.15) is 6.61 Å². The molecule has 0 amide bonds. The van der Waals surface area contributed by atoms with Crippen LogP contribution in [0, 0.1) is 10.8 Å². The van der Waals surface area contributed by atoms with Crippen LogP contribution in [-0.2, 0) is 9.47 Å². The zero-order valence-electron chi connectivity index (χ0n) is 16.2. The maximum atomic E-state index is 12.7. The molecule has 0 aromatic heterocycles. The summed E-state index contributed by atoms with van der Waals surface area (Å²) in [6, 6.07) is 7.11. The maximum absolute atomic E-state index is 12.7. The van der Waals surface area contributed by atoms with Crippen molar-refractivity contribution in [2.75, 3.05) is 38.6 Å². The maximum Gasteiger partial charge on any atom is 0.340 e. The Labute approximate surface area is 161 Å². The van der Waals surface area contributed by atoms with Gasteiger partial charge in [-0.05, 0) is 37.9 Å². The minimum atomic E-state index is -0.334. The van der Waals surface area contributed by atoms with Crippen LogP contribution in [0.15, 0.2) is 36.4 Å². The molecule has 2 bridgehead atoms. The predicted octanol–water partition coefficient (Wildman–Crippen LogP) is 3.26. The van der Waals surface area contributed by atoms with Gasteiger partial charge in [-0.15, -0.1) is 0 Å². The Morgan fingerprint density at radius 1 is 1.30 bits per heavy atom. The summed E-state index contributed by atoms with van der Waals surface area (Å²) in [5.41, 5.74) is 6.86. The molecule has 146 valence electrons. The van der Waals surface area contributed by atoms with Crippen molar-refractivity contribution in [2.24, 2.45) is 10.8 Å². The molecule has 2 N–H and O–H groups in total. The van der Waals surface area contributed by atoms with Crippen molar-refractivity contribution in [3.05, 3.63) is 42.0 Å².